The Morgan fingerprint density at radius 3 is 2.45 bits per heavy atom. The molecule has 0 heterocycles. The third-order valence-corrected chi connectivity index (χ3v) is 3.65. The maximum absolute atomic E-state index is 12.0. The fourth-order valence-corrected chi connectivity index (χ4v) is 2.18. The lowest BCUT2D eigenvalue weighted by molar-refractivity contribution is -0.501. The van der Waals surface area contributed by atoms with Gasteiger partial charge >= 0.3 is 0 Å². The summed E-state index contributed by atoms with van der Waals surface area (Å²) < 4.78 is 0.980. The Labute approximate surface area is 127 Å². The molecule has 2 rings (SSSR count). The molecule has 0 aliphatic carbocycles. The topological polar surface area (TPSA) is 31.0 Å². The zero-order valence-corrected chi connectivity index (χ0v) is 12.9. The molecule has 1 N–H and O–H groups in total. The van der Waals surface area contributed by atoms with Crippen LogP contribution in [0.3, 0.4) is 0 Å². The van der Waals surface area contributed by atoms with Gasteiger partial charge in [-0.05, 0) is 12.1 Å². The standard InChI is InChI=1S/C17H16BrNO/c1-13(14-5-3-2-4-6-14)19-12-11-17(20)15-7-9-16(18)10-8-15/h2-10,12-13H,11H2,1H3/p+1/t13-/m1/s1. The van der Waals surface area contributed by atoms with Crippen LogP contribution in [0.4, 0.5) is 0 Å². The average Bonchev–Trinajstić information content (AvgIpc) is 2.48. The fourth-order valence-electron chi connectivity index (χ4n) is 1.92. The van der Waals surface area contributed by atoms with Crippen LogP contribution in [0, 0.1) is 0 Å². The van der Waals surface area contributed by atoms with Gasteiger partial charge < -0.3 is 0 Å². The van der Waals surface area contributed by atoms with E-state index in [2.05, 4.69) is 40.0 Å². The Morgan fingerprint density at radius 1 is 1.15 bits per heavy atom. The van der Waals surface area contributed by atoms with Gasteiger partial charge in [0, 0.05) is 22.5 Å². The molecule has 0 radical (unpaired) electrons. The zero-order valence-electron chi connectivity index (χ0n) is 11.3. The summed E-state index contributed by atoms with van der Waals surface area (Å²) in [7, 11) is 0. The lowest BCUT2D eigenvalue weighted by atomic mass is 10.1. The van der Waals surface area contributed by atoms with Gasteiger partial charge in [0.15, 0.2) is 11.8 Å². The molecule has 0 fully saturated rings. The van der Waals surface area contributed by atoms with Crippen molar-refractivity contribution in [3.63, 3.8) is 0 Å². The summed E-state index contributed by atoms with van der Waals surface area (Å²) >= 11 is 3.36. The number of halogens is 1. The van der Waals surface area contributed by atoms with E-state index in [0.29, 0.717) is 6.42 Å². The molecule has 102 valence electrons. The second-order valence-corrected chi connectivity index (χ2v) is 5.55. The Hall–Kier alpha value is -1.74. The normalized spacial score (nSPS) is 12.5. The first-order chi connectivity index (χ1) is 9.66. The van der Waals surface area contributed by atoms with Crippen LogP contribution in [-0.2, 0) is 0 Å². The molecule has 0 unspecified atom stereocenters. The summed E-state index contributed by atoms with van der Waals surface area (Å²) in [6.07, 6.45) is 2.22. The number of hydrogen-bond donors (Lipinski definition) is 1. The minimum absolute atomic E-state index is 0.116. The van der Waals surface area contributed by atoms with Crippen molar-refractivity contribution >= 4 is 27.9 Å². The van der Waals surface area contributed by atoms with Gasteiger partial charge in [-0.1, -0.05) is 58.4 Å². The number of ketones is 1. The van der Waals surface area contributed by atoms with Crippen molar-refractivity contribution in [2.24, 2.45) is 0 Å². The van der Waals surface area contributed by atoms with E-state index in [1.54, 1.807) is 0 Å². The van der Waals surface area contributed by atoms with E-state index >= 15 is 0 Å². The summed E-state index contributed by atoms with van der Waals surface area (Å²) in [5, 5.41) is 0. The van der Waals surface area contributed by atoms with Crippen LogP contribution in [0.1, 0.15) is 35.3 Å². The molecule has 0 spiro atoms. The maximum atomic E-state index is 12.0. The van der Waals surface area contributed by atoms with Gasteiger partial charge in [-0.3, -0.25) is 4.79 Å². The Morgan fingerprint density at radius 2 is 1.80 bits per heavy atom. The lowest BCUT2D eigenvalue weighted by Crippen LogP contribution is -2.69. The van der Waals surface area contributed by atoms with Crippen molar-refractivity contribution in [3.8, 4) is 0 Å². The quantitative estimate of drug-likeness (QED) is 0.663. The van der Waals surface area contributed by atoms with Gasteiger partial charge in [0.2, 0.25) is 0 Å². The molecule has 0 aromatic heterocycles. The van der Waals surface area contributed by atoms with Crippen LogP contribution in [0.5, 0.6) is 0 Å². The van der Waals surface area contributed by atoms with Crippen LogP contribution in [-0.4, -0.2) is 12.0 Å². The minimum Gasteiger partial charge on any atom is -0.294 e. The second kappa shape index (κ2) is 7.15. The summed E-state index contributed by atoms with van der Waals surface area (Å²) in [5.74, 6) is 0.116. The van der Waals surface area contributed by atoms with Gasteiger partial charge in [0.05, 0.1) is 6.42 Å². The minimum atomic E-state index is 0.116. The molecule has 2 aromatic rings. The van der Waals surface area contributed by atoms with Crippen molar-refractivity contribution < 1.29 is 9.79 Å². The number of nitrogens with one attached hydrogen (secondary N) is 1. The van der Waals surface area contributed by atoms with Gasteiger partial charge in [0.25, 0.3) is 0 Å². The zero-order chi connectivity index (χ0) is 14.4. The summed E-state index contributed by atoms with van der Waals surface area (Å²) in [6, 6.07) is 17.8. The summed E-state index contributed by atoms with van der Waals surface area (Å²) in [6.45, 7) is 2.08. The lowest BCUT2D eigenvalue weighted by Gasteiger charge is -2.00. The first kappa shape index (κ1) is 14.7. The SMILES string of the molecule is C[C@@H]([NH+]=CCC(=O)c1ccc(Br)cc1)c1ccccc1. The summed E-state index contributed by atoms with van der Waals surface area (Å²) in [4.78, 5) is 15.2. The van der Waals surface area contributed by atoms with Gasteiger partial charge in [-0.25, -0.2) is 4.99 Å². The molecular weight excluding hydrogens is 314 g/mol. The molecule has 2 aromatic carbocycles. The van der Waals surface area contributed by atoms with E-state index in [0.717, 1.165) is 10.0 Å². The molecule has 1 atom stereocenters. The molecule has 20 heavy (non-hydrogen) atoms. The van der Waals surface area contributed by atoms with Gasteiger partial charge in [-0.2, -0.15) is 0 Å². The number of benzene rings is 2. The number of carbonyl (C=O) groups excluding carboxylic acids is 1. The Balaban J connectivity index is 1.93. The number of rotatable bonds is 5. The highest BCUT2D eigenvalue weighted by Crippen LogP contribution is 2.11. The largest absolute Gasteiger partial charge is 0.294 e. The van der Waals surface area contributed by atoms with E-state index in [1.807, 2.05) is 48.7 Å². The molecule has 0 aliphatic heterocycles. The molecule has 0 saturated carbocycles. The van der Waals surface area contributed by atoms with Crippen molar-refractivity contribution in [3.05, 3.63) is 70.2 Å². The van der Waals surface area contributed by atoms with Crippen LogP contribution >= 0.6 is 15.9 Å². The summed E-state index contributed by atoms with van der Waals surface area (Å²) in [5.41, 5.74) is 1.94. The smallest absolute Gasteiger partial charge is 0.172 e. The highest BCUT2D eigenvalue weighted by atomic mass is 79.9. The van der Waals surface area contributed by atoms with Gasteiger partial charge in [0.1, 0.15) is 6.21 Å². The first-order valence-electron chi connectivity index (χ1n) is 6.58. The molecule has 0 saturated heterocycles. The van der Waals surface area contributed by atoms with Gasteiger partial charge in [-0.15, -0.1) is 0 Å². The molecule has 0 amide bonds. The number of carbonyl (C=O) groups is 1. The monoisotopic (exact) mass is 330 g/mol. The third kappa shape index (κ3) is 4.14. The van der Waals surface area contributed by atoms with Crippen LogP contribution < -0.4 is 4.99 Å². The molecule has 0 bridgehead atoms. The fraction of sp³-hybridized carbons (Fsp3) is 0.176. The number of Topliss-reactive ketones (excluding diaryl/α,β-unsaturated/α-hetero) is 1. The van der Waals surface area contributed by atoms with Crippen LogP contribution in [0.15, 0.2) is 59.1 Å². The highest BCUT2D eigenvalue weighted by Gasteiger charge is 2.08. The predicted molar refractivity (Wildman–Crippen MR) is 85.0 cm³/mol. The van der Waals surface area contributed by atoms with E-state index in [-0.39, 0.29) is 11.8 Å². The van der Waals surface area contributed by atoms with Crippen molar-refractivity contribution in [2.45, 2.75) is 19.4 Å². The average molecular weight is 331 g/mol. The van der Waals surface area contributed by atoms with E-state index in [9.17, 15) is 4.79 Å². The Bertz CT molecular complexity index is 590. The van der Waals surface area contributed by atoms with Crippen molar-refractivity contribution in [1.82, 2.24) is 0 Å². The van der Waals surface area contributed by atoms with Crippen LogP contribution in [0.25, 0.3) is 0 Å². The highest BCUT2D eigenvalue weighted by molar-refractivity contribution is 9.10. The second-order valence-electron chi connectivity index (χ2n) is 4.64. The Kier molecular flexibility index (Phi) is 5.24. The number of hydrogen-bond acceptors (Lipinski definition) is 1. The van der Waals surface area contributed by atoms with Crippen molar-refractivity contribution in [2.75, 3.05) is 0 Å². The van der Waals surface area contributed by atoms with Crippen molar-refractivity contribution in [1.29, 1.82) is 0 Å². The van der Waals surface area contributed by atoms with E-state index in [4.69, 9.17) is 0 Å². The first-order valence-corrected chi connectivity index (χ1v) is 7.37. The molecular formula is C17H17BrNO+. The van der Waals surface area contributed by atoms with E-state index in [1.165, 1.54) is 5.56 Å². The predicted octanol–water partition coefficient (Wildman–Crippen LogP) is 2.93. The third-order valence-electron chi connectivity index (χ3n) is 3.12. The molecule has 2 nitrogen and oxygen atoms in total. The molecule has 3 heteroatoms. The molecule has 0 aliphatic rings. The van der Waals surface area contributed by atoms with Crippen LogP contribution in [0.2, 0.25) is 0 Å². The van der Waals surface area contributed by atoms with E-state index < -0.39 is 0 Å². The maximum Gasteiger partial charge on any atom is 0.172 e.